The van der Waals surface area contributed by atoms with Crippen molar-refractivity contribution < 1.29 is 16.8 Å². The number of nitrogens with zero attached hydrogens (tertiary/aromatic N) is 1. The van der Waals surface area contributed by atoms with E-state index in [0.717, 1.165) is 12.5 Å². The van der Waals surface area contributed by atoms with Gasteiger partial charge in [-0.25, -0.2) is 0 Å². The van der Waals surface area contributed by atoms with Crippen molar-refractivity contribution in [1.29, 1.82) is 0 Å². The number of sulfonamides is 2. The minimum absolute atomic E-state index is 0.632. The standard InChI is InChI=1S/C4H12AsNO4S2/c1-5(2)6(11(3,7)8)12(4,9)10/h1-4H3. The molecule has 0 aromatic carbocycles. The average Bonchev–Trinajstić information content (AvgIpc) is 1.49. The van der Waals surface area contributed by atoms with Crippen LogP contribution >= 0.6 is 0 Å². The predicted octanol–water partition coefficient (Wildman–Crippen LogP) is -0.541. The van der Waals surface area contributed by atoms with Gasteiger partial charge in [0, 0.05) is 0 Å². The molecule has 0 amide bonds. The van der Waals surface area contributed by atoms with Crippen molar-refractivity contribution in [2.24, 2.45) is 0 Å². The van der Waals surface area contributed by atoms with E-state index in [9.17, 15) is 16.8 Å². The normalized spacial score (nSPS) is 14.2. The van der Waals surface area contributed by atoms with Gasteiger partial charge in [-0.1, -0.05) is 0 Å². The van der Waals surface area contributed by atoms with Crippen LogP contribution in [0.4, 0.5) is 0 Å². The summed E-state index contributed by atoms with van der Waals surface area (Å²) in [6.07, 6.45) is 1.81. The number of hydrogen-bond acceptors (Lipinski definition) is 4. The topological polar surface area (TPSA) is 71.5 Å². The van der Waals surface area contributed by atoms with Crippen molar-refractivity contribution in [2.75, 3.05) is 12.5 Å². The van der Waals surface area contributed by atoms with E-state index in [2.05, 4.69) is 0 Å². The van der Waals surface area contributed by atoms with Crippen molar-refractivity contribution in [3.63, 3.8) is 0 Å². The fourth-order valence-electron chi connectivity index (χ4n) is 0.839. The Balaban J connectivity index is 5.26. The van der Waals surface area contributed by atoms with E-state index >= 15 is 0 Å². The van der Waals surface area contributed by atoms with Crippen LogP contribution in [0, 0.1) is 0 Å². The summed E-state index contributed by atoms with van der Waals surface area (Å²) in [6.45, 7) is 0. The van der Waals surface area contributed by atoms with E-state index < -0.39 is 34.9 Å². The zero-order valence-electron chi connectivity index (χ0n) is 7.34. The number of rotatable bonds is 3. The number of hydrogen-bond donors (Lipinski definition) is 0. The molecule has 0 aromatic heterocycles. The summed E-state index contributed by atoms with van der Waals surface area (Å²) < 4.78 is 44.6. The Kier molecular flexibility index (Phi) is 3.78. The van der Waals surface area contributed by atoms with Crippen LogP contribution in [0.1, 0.15) is 0 Å². The summed E-state index contributed by atoms with van der Waals surface area (Å²) in [7, 11) is -7.22. The Morgan fingerprint density at radius 2 is 1.17 bits per heavy atom. The Morgan fingerprint density at radius 1 is 0.917 bits per heavy atom. The van der Waals surface area contributed by atoms with E-state index in [0.29, 0.717) is 2.63 Å². The molecule has 0 N–H and O–H groups in total. The molecule has 0 fully saturated rings. The first-order chi connectivity index (χ1) is 5.07. The molecule has 0 aliphatic heterocycles. The van der Waals surface area contributed by atoms with Crippen LogP contribution in [0.15, 0.2) is 0 Å². The van der Waals surface area contributed by atoms with Gasteiger partial charge in [0.15, 0.2) is 0 Å². The first-order valence-corrected chi connectivity index (χ1v) is 11.2. The van der Waals surface area contributed by atoms with Crippen molar-refractivity contribution in [3.8, 4) is 0 Å². The van der Waals surface area contributed by atoms with Crippen molar-refractivity contribution in [2.45, 2.75) is 11.4 Å². The summed E-state index contributed by atoms with van der Waals surface area (Å²) >= 11 is -1.94. The molecule has 0 unspecified atom stereocenters. The quantitative estimate of drug-likeness (QED) is 0.649. The van der Waals surface area contributed by atoms with Gasteiger partial charge in [-0.15, -0.1) is 0 Å². The van der Waals surface area contributed by atoms with Crippen LogP contribution in [0.2, 0.25) is 11.4 Å². The molecule has 0 rings (SSSR count). The van der Waals surface area contributed by atoms with E-state index in [4.69, 9.17) is 0 Å². The van der Waals surface area contributed by atoms with Crippen molar-refractivity contribution in [3.05, 3.63) is 0 Å². The van der Waals surface area contributed by atoms with Crippen molar-refractivity contribution >= 4 is 34.9 Å². The molecule has 12 heavy (non-hydrogen) atoms. The second-order valence-corrected chi connectivity index (χ2v) is 12.0. The Bertz CT molecular complexity index is 311. The van der Waals surface area contributed by atoms with Gasteiger partial charge in [0.05, 0.1) is 0 Å². The third-order valence-corrected chi connectivity index (χ3v) is 12.2. The molecule has 0 aromatic rings. The molecule has 0 heterocycles. The van der Waals surface area contributed by atoms with Gasteiger partial charge >= 0.3 is 78.3 Å². The second-order valence-electron chi connectivity index (χ2n) is 2.55. The van der Waals surface area contributed by atoms with E-state index in [1.54, 1.807) is 11.4 Å². The molecule has 0 aliphatic carbocycles. The maximum absolute atomic E-state index is 11.0. The summed E-state index contributed by atoms with van der Waals surface area (Å²) in [5.41, 5.74) is 3.30. The van der Waals surface area contributed by atoms with Gasteiger partial charge in [-0.2, -0.15) is 0 Å². The van der Waals surface area contributed by atoms with Crippen molar-refractivity contribution in [1.82, 2.24) is 2.63 Å². The van der Waals surface area contributed by atoms with E-state index in [1.165, 1.54) is 0 Å². The molecular formula is C4H12AsNO4S2. The van der Waals surface area contributed by atoms with Gasteiger partial charge in [0.1, 0.15) is 0 Å². The molecule has 74 valence electrons. The van der Waals surface area contributed by atoms with Crippen LogP contribution in [-0.4, -0.2) is 46.9 Å². The molecule has 0 saturated carbocycles. The Morgan fingerprint density at radius 3 is 1.17 bits per heavy atom. The van der Waals surface area contributed by atoms with Gasteiger partial charge in [-0.3, -0.25) is 0 Å². The van der Waals surface area contributed by atoms with Crippen LogP contribution in [0.5, 0.6) is 0 Å². The van der Waals surface area contributed by atoms with Crippen LogP contribution in [0.3, 0.4) is 0 Å². The van der Waals surface area contributed by atoms with Gasteiger partial charge in [0.25, 0.3) is 0 Å². The Labute approximate surface area is 78.3 Å². The minimum atomic E-state index is -3.61. The molecule has 0 radical (unpaired) electrons. The third kappa shape index (κ3) is 3.43. The van der Waals surface area contributed by atoms with Crippen LogP contribution in [-0.2, 0) is 20.0 Å². The molecule has 0 aliphatic rings. The molecule has 0 saturated heterocycles. The molecule has 0 bridgehead atoms. The first kappa shape index (κ1) is 12.4. The van der Waals surface area contributed by atoms with Crippen LogP contribution in [0.25, 0.3) is 0 Å². The zero-order chi connectivity index (χ0) is 10.2. The summed E-state index contributed by atoms with van der Waals surface area (Å²) in [6, 6.07) is 0. The fraction of sp³-hybridized carbons (Fsp3) is 1.00. The summed E-state index contributed by atoms with van der Waals surface area (Å²) in [5, 5.41) is 0. The molecular weight excluding hydrogens is 265 g/mol. The second kappa shape index (κ2) is 3.65. The SMILES string of the molecule is C[As](C)N(S(C)(=O)=O)S(C)(=O)=O. The maximum atomic E-state index is 11.0. The molecule has 5 nitrogen and oxygen atoms in total. The van der Waals surface area contributed by atoms with Gasteiger partial charge in [0.2, 0.25) is 0 Å². The van der Waals surface area contributed by atoms with Crippen LogP contribution < -0.4 is 0 Å². The fourth-order valence-corrected chi connectivity index (χ4v) is 11.5. The monoisotopic (exact) mass is 277 g/mol. The third-order valence-electron chi connectivity index (χ3n) is 0.894. The van der Waals surface area contributed by atoms with Gasteiger partial charge in [-0.05, 0) is 0 Å². The summed E-state index contributed by atoms with van der Waals surface area (Å²) in [5.74, 6) is 0. The molecule has 0 spiro atoms. The Hall–Kier alpha value is 0.418. The van der Waals surface area contributed by atoms with Gasteiger partial charge < -0.3 is 0 Å². The molecule has 0 atom stereocenters. The van der Waals surface area contributed by atoms with E-state index in [-0.39, 0.29) is 0 Å². The average molecular weight is 277 g/mol. The van der Waals surface area contributed by atoms with E-state index in [1.807, 2.05) is 0 Å². The molecule has 8 heteroatoms. The first-order valence-electron chi connectivity index (χ1n) is 2.94. The predicted molar refractivity (Wildman–Crippen MR) is 49.0 cm³/mol. The zero-order valence-corrected chi connectivity index (χ0v) is 10.9. The summed E-state index contributed by atoms with van der Waals surface area (Å²) in [4.78, 5) is 0.